The predicted molar refractivity (Wildman–Crippen MR) is 67.4 cm³/mol. The second-order valence-electron chi connectivity index (χ2n) is 4.73. The Balaban J connectivity index is 1.87. The lowest BCUT2D eigenvalue weighted by Crippen LogP contribution is -2.40. The Hall–Kier alpha value is -1.76. The van der Waals surface area contributed by atoms with Gasteiger partial charge < -0.3 is 10.2 Å². The third-order valence-corrected chi connectivity index (χ3v) is 3.43. The minimum atomic E-state index is 0.676. The summed E-state index contributed by atoms with van der Waals surface area (Å²) in [5.74, 6) is 1.66. The maximum atomic E-state index is 4.21. The van der Waals surface area contributed by atoms with Crippen molar-refractivity contribution in [1.82, 2.24) is 30.3 Å². The summed E-state index contributed by atoms with van der Waals surface area (Å²) in [6, 6.07) is 0. The summed E-state index contributed by atoms with van der Waals surface area (Å²) in [5, 5.41) is 14.9. The Bertz CT molecular complexity index is 521. The maximum absolute atomic E-state index is 4.21. The van der Waals surface area contributed by atoms with Gasteiger partial charge in [0.15, 0.2) is 11.5 Å². The molecule has 1 aliphatic rings. The third kappa shape index (κ3) is 2.01. The second kappa shape index (κ2) is 4.85. The molecule has 96 valence electrons. The van der Waals surface area contributed by atoms with Crippen LogP contribution in [0.1, 0.15) is 12.8 Å². The van der Waals surface area contributed by atoms with Crippen LogP contribution in [0, 0.1) is 5.92 Å². The first kappa shape index (κ1) is 11.3. The molecule has 7 nitrogen and oxygen atoms in total. The van der Waals surface area contributed by atoms with Crippen LogP contribution in [-0.2, 0) is 0 Å². The van der Waals surface area contributed by atoms with Gasteiger partial charge >= 0.3 is 0 Å². The number of nitrogens with zero attached hydrogens (tertiary/aromatic N) is 6. The highest BCUT2D eigenvalue weighted by molar-refractivity contribution is 5.46. The lowest BCUT2D eigenvalue weighted by Gasteiger charge is -2.33. The zero-order valence-electron chi connectivity index (χ0n) is 10.5. The largest absolute Gasteiger partial charge is 0.355 e. The molecule has 0 bridgehead atoms. The summed E-state index contributed by atoms with van der Waals surface area (Å²) >= 11 is 0. The minimum absolute atomic E-state index is 0.676. The smallest absolute Gasteiger partial charge is 0.199 e. The van der Waals surface area contributed by atoms with E-state index in [0.29, 0.717) is 11.6 Å². The first-order valence-electron chi connectivity index (χ1n) is 6.30. The topological polar surface area (TPSA) is 71.2 Å². The van der Waals surface area contributed by atoms with Gasteiger partial charge in [-0.3, -0.25) is 4.98 Å². The van der Waals surface area contributed by atoms with Crippen LogP contribution >= 0.6 is 0 Å². The number of rotatable bonds is 3. The fraction of sp³-hybridized carbons (Fsp3) is 0.636. The van der Waals surface area contributed by atoms with Gasteiger partial charge in [-0.05, 0) is 42.8 Å². The molecule has 3 heterocycles. The van der Waals surface area contributed by atoms with Crippen molar-refractivity contribution in [2.45, 2.75) is 12.8 Å². The van der Waals surface area contributed by atoms with Gasteiger partial charge in [0, 0.05) is 13.1 Å². The normalized spacial score (nSPS) is 20.5. The van der Waals surface area contributed by atoms with Crippen LogP contribution < -0.4 is 10.2 Å². The quantitative estimate of drug-likeness (QED) is 0.820. The molecule has 0 saturated carbocycles. The van der Waals surface area contributed by atoms with Gasteiger partial charge in [0.05, 0.1) is 12.4 Å². The van der Waals surface area contributed by atoms with Gasteiger partial charge in [0.25, 0.3) is 0 Å². The summed E-state index contributed by atoms with van der Waals surface area (Å²) in [5.41, 5.74) is 0.697. The summed E-state index contributed by atoms with van der Waals surface area (Å²) in [6.07, 6.45) is 5.99. The molecule has 2 aromatic rings. The monoisotopic (exact) mass is 247 g/mol. The van der Waals surface area contributed by atoms with E-state index >= 15 is 0 Å². The van der Waals surface area contributed by atoms with E-state index in [-0.39, 0.29) is 0 Å². The molecule has 1 atom stereocenters. The van der Waals surface area contributed by atoms with Crippen molar-refractivity contribution in [3.63, 3.8) is 0 Å². The van der Waals surface area contributed by atoms with Crippen molar-refractivity contribution in [1.29, 1.82) is 0 Å². The number of piperidine rings is 1. The van der Waals surface area contributed by atoms with Crippen LogP contribution in [0.15, 0.2) is 12.4 Å². The molecule has 1 N–H and O–H groups in total. The lowest BCUT2D eigenvalue weighted by atomic mass is 9.98. The molecule has 2 aromatic heterocycles. The summed E-state index contributed by atoms with van der Waals surface area (Å²) < 4.78 is 1.76. The molecule has 0 aromatic carbocycles. The first-order valence-corrected chi connectivity index (χ1v) is 6.30. The Morgan fingerprint density at radius 1 is 1.44 bits per heavy atom. The molecule has 1 saturated heterocycles. The summed E-state index contributed by atoms with van der Waals surface area (Å²) in [6.45, 7) is 3.12. The van der Waals surface area contributed by atoms with E-state index in [0.717, 1.165) is 25.5 Å². The second-order valence-corrected chi connectivity index (χ2v) is 4.73. The Labute approximate surface area is 105 Å². The van der Waals surface area contributed by atoms with Crippen molar-refractivity contribution in [2.75, 3.05) is 31.6 Å². The van der Waals surface area contributed by atoms with E-state index in [4.69, 9.17) is 0 Å². The fourth-order valence-electron chi connectivity index (χ4n) is 2.61. The highest BCUT2D eigenvalue weighted by Gasteiger charge is 2.21. The molecule has 0 amide bonds. The average Bonchev–Trinajstić information content (AvgIpc) is 2.87. The fourth-order valence-corrected chi connectivity index (χ4v) is 2.61. The molecule has 1 aliphatic heterocycles. The maximum Gasteiger partial charge on any atom is 0.199 e. The molecule has 1 unspecified atom stereocenters. The highest BCUT2D eigenvalue weighted by Crippen LogP contribution is 2.21. The average molecular weight is 247 g/mol. The van der Waals surface area contributed by atoms with E-state index in [1.165, 1.54) is 12.8 Å². The molecule has 0 spiro atoms. The van der Waals surface area contributed by atoms with E-state index in [2.05, 4.69) is 30.7 Å². The summed E-state index contributed by atoms with van der Waals surface area (Å²) in [7, 11) is 2.00. The lowest BCUT2D eigenvalue weighted by molar-refractivity contribution is 0.399. The molecule has 1 fully saturated rings. The number of anilines is 1. The number of hydrogen-bond donors (Lipinski definition) is 1. The van der Waals surface area contributed by atoms with Crippen molar-refractivity contribution in [3.05, 3.63) is 12.4 Å². The molecule has 7 heteroatoms. The van der Waals surface area contributed by atoms with Crippen LogP contribution in [-0.4, -0.2) is 51.7 Å². The Morgan fingerprint density at radius 3 is 3.28 bits per heavy atom. The predicted octanol–water partition coefficient (Wildman–Crippen LogP) is -0.0449. The molecular formula is C11H17N7. The first-order chi connectivity index (χ1) is 8.88. The van der Waals surface area contributed by atoms with Crippen LogP contribution in [0.5, 0.6) is 0 Å². The standard InChI is InChI=1S/C11H17N7/c1-12-5-9-3-2-4-17(8-9)11-7-13-6-10-14-15-16-18(10)11/h6-7,9,12H,2-5,8H2,1H3. The number of nitrogens with one attached hydrogen (secondary N) is 1. The number of fused-ring (bicyclic) bond motifs is 1. The van der Waals surface area contributed by atoms with Crippen LogP contribution in [0.4, 0.5) is 5.82 Å². The third-order valence-electron chi connectivity index (χ3n) is 3.43. The number of hydrogen-bond acceptors (Lipinski definition) is 6. The molecule has 18 heavy (non-hydrogen) atoms. The van der Waals surface area contributed by atoms with Crippen molar-refractivity contribution in [3.8, 4) is 0 Å². The number of tetrazole rings is 1. The molecule has 0 radical (unpaired) electrons. The van der Waals surface area contributed by atoms with Crippen LogP contribution in [0.25, 0.3) is 5.65 Å². The van der Waals surface area contributed by atoms with Gasteiger partial charge in [-0.15, -0.1) is 5.10 Å². The van der Waals surface area contributed by atoms with E-state index in [9.17, 15) is 0 Å². The van der Waals surface area contributed by atoms with E-state index < -0.39 is 0 Å². The van der Waals surface area contributed by atoms with Gasteiger partial charge in [-0.25, -0.2) is 0 Å². The Kier molecular flexibility index (Phi) is 3.06. The molecular weight excluding hydrogens is 230 g/mol. The Morgan fingerprint density at radius 2 is 2.39 bits per heavy atom. The molecule has 3 rings (SSSR count). The van der Waals surface area contributed by atoms with Gasteiger partial charge in [-0.2, -0.15) is 4.52 Å². The molecule has 0 aliphatic carbocycles. The highest BCUT2D eigenvalue weighted by atomic mass is 15.5. The van der Waals surface area contributed by atoms with Crippen LogP contribution in [0.3, 0.4) is 0 Å². The minimum Gasteiger partial charge on any atom is -0.355 e. The van der Waals surface area contributed by atoms with E-state index in [1.54, 1.807) is 10.7 Å². The zero-order valence-corrected chi connectivity index (χ0v) is 10.5. The SMILES string of the molecule is CNCC1CCCN(c2cncc3nnnn23)C1. The van der Waals surface area contributed by atoms with Crippen molar-refractivity contribution >= 4 is 11.5 Å². The van der Waals surface area contributed by atoms with Crippen molar-refractivity contribution < 1.29 is 0 Å². The van der Waals surface area contributed by atoms with Gasteiger partial charge in [0.1, 0.15) is 0 Å². The van der Waals surface area contributed by atoms with Gasteiger partial charge in [-0.1, -0.05) is 0 Å². The zero-order chi connectivity index (χ0) is 12.4. The summed E-state index contributed by atoms with van der Waals surface area (Å²) in [4.78, 5) is 6.53. The van der Waals surface area contributed by atoms with Gasteiger partial charge in [0.2, 0.25) is 0 Å². The van der Waals surface area contributed by atoms with Crippen LogP contribution in [0.2, 0.25) is 0 Å². The van der Waals surface area contributed by atoms with Crippen molar-refractivity contribution in [2.24, 2.45) is 5.92 Å². The van der Waals surface area contributed by atoms with E-state index in [1.807, 2.05) is 13.2 Å². The number of aromatic nitrogens is 5.